The molecule has 0 bridgehead atoms. The third kappa shape index (κ3) is 2.75. The summed E-state index contributed by atoms with van der Waals surface area (Å²) in [6.07, 6.45) is 2.93. The number of nitrogens with zero attached hydrogens (tertiary/aromatic N) is 3. The summed E-state index contributed by atoms with van der Waals surface area (Å²) in [5.41, 5.74) is 6.38. The lowest BCUT2D eigenvalue weighted by Gasteiger charge is -1.92. The van der Waals surface area contributed by atoms with Gasteiger partial charge in [-0.3, -0.25) is 0 Å². The van der Waals surface area contributed by atoms with Crippen LogP contribution in [0.3, 0.4) is 0 Å². The van der Waals surface area contributed by atoms with Crippen molar-refractivity contribution in [1.82, 2.24) is 0 Å². The molecule has 0 radical (unpaired) electrons. The Hall–Kier alpha value is -2.97. The summed E-state index contributed by atoms with van der Waals surface area (Å²) in [7, 11) is 0. The lowest BCUT2D eigenvalue weighted by Crippen LogP contribution is -1.82. The SMILES string of the molecule is CC(=CC=C(C#N)C#N)c1cc(C#N)c(N)o1. The second-order valence-corrected chi connectivity index (χ2v) is 3.15. The van der Waals surface area contributed by atoms with E-state index in [4.69, 9.17) is 25.9 Å². The fourth-order valence-electron chi connectivity index (χ4n) is 1.08. The minimum atomic E-state index is -0.00983. The highest BCUT2D eigenvalue weighted by Crippen LogP contribution is 2.23. The van der Waals surface area contributed by atoms with Crippen LogP contribution in [0, 0.1) is 34.0 Å². The average molecular weight is 224 g/mol. The van der Waals surface area contributed by atoms with Gasteiger partial charge in [-0.15, -0.1) is 0 Å². The van der Waals surface area contributed by atoms with E-state index >= 15 is 0 Å². The Morgan fingerprint density at radius 1 is 1.29 bits per heavy atom. The lowest BCUT2D eigenvalue weighted by atomic mass is 10.2. The van der Waals surface area contributed by atoms with Crippen LogP contribution in [0.25, 0.3) is 5.57 Å². The Morgan fingerprint density at radius 2 is 1.94 bits per heavy atom. The Morgan fingerprint density at radius 3 is 2.41 bits per heavy atom. The summed E-state index contributed by atoms with van der Waals surface area (Å²) in [5.74, 6) is 0.491. The molecule has 0 atom stereocenters. The van der Waals surface area contributed by atoms with Gasteiger partial charge in [0.1, 0.15) is 35.1 Å². The molecule has 1 aromatic rings. The maximum atomic E-state index is 8.70. The highest BCUT2D eigenvalue weighted by molar-refractivity contribution is 5.66. The number of furan rings is 1. The van der Waals surface area contributed by atoms with Crippen molar-refractivity contribution >= 4 is 11.5 Å². The largest absolute Gasteiger partial charge is 0.440 e. The van der Waals surface area contributed by atoms with Crippen LogP contribution in [0.5, 0.6) is 0 Å². The van der Waals surface area contributed by atoms with Gasteiger partial charge in [-0.2, -0.15) is 15.8 Å². The van der Waals surface area contributed by atoms with Gasteiger partial charge in [0.15, 0.2) is 0 Å². The summed E-state index contributed by atoms with van der Waals surface area (Å²) in [6, 6.07) is 6.87. The van der Waals surface area contributed by atoms with E-state index in [-0.39, 0.29) is 17.0 Å². The number of allylic oxidation sites excluding steroid dienone is 4. The zero-order chi connectivity index (χ0) is 12.8. The number of nitrogens with two attached hydrogens (primary N) is 1. The topological polar surface area (TPSA) is 111 Å². The zero-order valence-corrected chi connectivity index (χ0v) is 9.06. The highest BCUT2D eigenvalue weighted by Gasteiger charge is 2.08. The third-order valence-corrected chi connectivity index (χ3v) is 2.01. The molecule has 2 N–H and O–H groups in total. The predicted molar refractivity (Wildman–Crippen MR) is 60.8 cm³/mol. The molecule has 0 saturated carbocycles. The van der Waals surface area contributed by atoms with Gasteiger partial charge in [-0.1, -0.05) is 6.08 Å². The summed E-state index contributed by atoms with van der Waals surface area (Å²) in [6.45, 7) is 1.72. The Balaban J connectivity index is 3.07. The quantitative estimate of drug-likeness (QED) is 0.610. The monoisotopic (exact) mass is 224 g/mol. The molecular formula is C12H8N4O. The van der Waals surface area contributed by atoms with Crippen LogP contribution < -0.4 is 5.73 Å². The van der Waals surface area contributed by atoms with Crippen LogP contribution in [-0.4, -0.2) is 0 Å². The predicted octanol–water partition coefficient (Wildman–Crippen LogP) is 2.11. The summed E-state index contributed by atoms with van der Waals surface area (Å²) >= 11 is 0. The van der Waals surface area contributed by atoms with Crippen LogP contribution in [0.2, 0.25) is 0 Å². The van der Waals surface area contributed by atoms with E-state index in [1.807, 2.05) is 6.07 Å². The molecule has 5 nitrogen and oxygen atoms in total. The molecule has 0 aliphatic heterocycles. The maximum Gasteiger partial charge on any atom is 0.208 e. The molecule has 0 amide bonds. The van der Waals surface area contributed by atoms with Gasteiger partial charge in [-0.25, -0.2) is 0 Å². The number of nitrogen functional groups attached to an aromatic ring is 1. The molecule has 0 unspecified atom stereocenters. The minimum absolute atomic E-state index is 0.00983. The highest BCUT2D eigenvalue weighted by atomic mass is 16.4. The lowest BCUT2D eigenvalue weighted by molar-refractivity contribution is 0.572. The Labute approximate surface area is 98.3 Å². The molecule has 0 fully saturated rings. The van der Waals surface area contributed by atoms with Crippen LogP contribution in [0.4, 0.5) is 5.88 Å². The molecule has 5 heteroatoms. The van der Waals surface area contributed by atoms with Crippen molar-refractivity contribution in [1.29, 1.82) is 15.8 Å². The van der Waals surface area contributed by atoms with Crippen LogP contribution in [0.1, 0.15) is 18.2 Å². The fourth-order valence-corrected chi connectivity index (χ4v) is 1.08. The molecule has 1 aromatic heterocycles. The number of nitriles is 3. The van der Waals surface area contributed by atoms with E-state index in [1.165, 1.54) is 12.1 Å². The van der Waals surface area contributed by atoms with Gasteiger partial charge in [0.05, 0.1) is 0 Å². The van der Waals surface area contributed by atoms with Crippen molar-refractivity contribution in [2.75, 3.05) is 5.73 Å². The number of rotatable bonds is 2. The first-order valence-corrected chi connectivity index (χ1v) is 4.61. The van der Waals surface area contributed by atoms with Crippen LogP contribution >= 0.6 is 0 Å². The molecule has 0 aromatic carbocycles. The van der Waals surface area contributed by atoms with Crippen molar-refractivity contribution in [2.24, 2.45) is 0 Å². The second-order valence-electron chi connectivity index (χ2n) is 3.15. The molecule has 0 aliphatic rings. The number of anilines is 1. The first-order valence-electron chi connectivity index (χ1n) is 4.61. The molecule has 0 saturated heterocycles. The van der Waals surface area contributed by atoms with Crippen molar-refractivity contribution in [2.45, 2.75) is 6.92 Å². The molecule has 82 valence electrons. The second kappa shape index (κ2) is 5.21. The van der Waals surface area contributed by atoms with Gasteiger partial charge >= 0.3 is 0 Å². The van der Waals surface area contributed by atoms with E-state index in [2.05, 4.69) is 0 Å². The standard InChI is InChI=1S/C12H8N4O/c1-8(2-3-9(5-13)6-14)11-4-10(7-15)12(16)17-11/h2-4H,16H2,1H3. The summed E-state index contributed by atoms with van der Waals surface area (Å²) in [5, 5.41) is 25.8. The molecule has 1 heterocycles. The molecule has 0 spiro atoms. The molecule has 1 rings (SSSR count). The molecule has 17 heavy (non-hydrogen) atoms. The van der Waals surface area contributed by atoms with Crippen LogP contribution in [-0.2, 0) is 0 Å². The van der Waals surface area contributed by atoms with E-state index in [0.717, 1.165) is 0 Å². The normalized spacial score (nSPS) is 9.88. The number of hydrogen-bond donors (Lipinski definition) is 1. The minimum Gasteiger partial charge on any atom is -0.440 e. The maximum absolute atomic E-state index is 8.70. The van der Waals surface area contributed by atoms with Gasteiger partial charge in [0.2, 0.25) is 5.88 Å². The smallest absolute Gasteiger partial charge is 0.208 e. The molecule has 0 aliphatic carbocycles. The van der Waals surface area contributed by atoms with Crippen molar-refractivity contribution < 1.29 is 4.42 Å². The Bertz CT molecular complexity index is 598. The zero-order valence-electron chi connectivity index (χ0n) is 9.06. The van der Waals surface area contributed by atoms with E-state index < -0.39 is 0 Å². The first-order chi connectivity index (χ1) is 8.12. The Kier molecular flexibility index (Phi) is 3.71. The summed E-state index contributed by atoms with van der Waals surface area (Å²) < 4.78 is 5.16. The van der Waals surface area contributed by atoms with Crippen molar-refractivity contribution in [3.05, 3.63) is 35.1 Å². The van der Waals surface area contributed by atoms with Gasteiger partial charge < -0.3 is 10.2 Å². The van der Waals surface area contributed by atoms with E-state index in [1.54, 1.807) is 25.1 Å². The van der Waals surface area contributed by atoms with Gasteiger partial charge in [-0.05, 0) is 18.6 Å². The van der Waals surface area contributed by atoms with Crippen LogP contribution in [0.15, 0.2) is 28.2 Å². The summed E-state index contributed by atoms with van der Waals surface area (Å²) in [4.78, 5) is 0. The van der Waals surface area contributed by atoms with Crippen molar-refractivity contribution in [3.8, 4) is 18.2 Å². The van der Waals surface area contributed by atoms with Crippen molar-refractivity contribution in [3.63, 3.8) is 0 Å². The van der Waals surface area contributed by atoms with E-state index in [9.17, 15) is 0 Å². The first kappa shape index (κ1) is 12.1. The number of hydrogen-bond acceptors (Lipinski definition) is 5. The fraction of sp³-hybridized carbons (Fsp3) is 0.0833. The average Bonchev–Trinajstić information content (AvgIpc) is 2.71. The third-order valence-electron chi connectivity index (χ3n) is 2.01. The van der Waals surface area contributed by atoms with Gasteiger partial charge in [0, 0.05) is 6.07 Å². The van der Waals surface area contributed by atoms with Gasteiger partial charge in [0.25, 0.3) is 0 Å². The van der Waals surface area contributed by atoms with E-state index in [0.29, 0.717) is 11.3 Å². The molecular weight excluding hydrogens is 216 g/mol.